The van der Waals surface area contributed by atoms with Gasteiger partial charge in [-0.2, -0.15) is 0 Å². The van der Waals surface area contributed by atoms with Crippen molar-refractivity contribution in [3.63, 3.8) is 0 Å². The molecule has 1 aromatic heterocycles. The molecule has 116 valence electrons. The van der Waals surface area contributed by atoms with E-state index in [1.165, 1.54) is 0 Å². The quantitative estimate of drug-likeness (QED) is 0.600. The van der Waals surface area contributed by atoms with Crippen molar-refractivity contribution >= 4 is 11.5 Å². The molecule has 0 fully saturated rings. The van der Waals surface area contributed by atoms with Crippen molar-refractivity contribution in [2.24, 2.45) is 0 Å². The Labute approximate surface area is 129 Å². The summed E-state index contributed by atoms with van der Waals surface area (Å²) in [6.45, 7) is 3.50. The van der Waals surface area contributed by atoms with Crippen molar-refractivity contribution in [3.05, 3.63) is 42.5 Å². The maximum atomic E-state index is 12.2. The molecule has 0 saturated heterocycles. The highest BCUT2D eigenvalue weighted by Gasteiger charge is 2.13. The predicted molar refractivity (Wildman–Crippen MR) is 84.5 cm³/mol. The molecular formula is C16H20N4O2. The molecule has 3 rings (SSSR count). The molecule has 0 saturated carbocycles. The Kier molecular flexibility index (Phi) is 4.70. The van der Waals surface area contributed by atoms with Crippen molar-refractivity contribution in [3.8, 4) is 5.75 Å². The number of anilines is 1. The first-order valence-corrected chi connectivity index (χ1v) is 7.53. The van der Waals surface area contributed by atoms with Gasteiger partial charge >= 0.3 is 0 Å². The molecule has 6 heteroatoms. The zero-order valence-electron chi connectivity index (χ0n) is 12.4. The number of carbonyl (C=O) groups excluding carboxylic acids is 1. The minimum Gasteiger partial charge on any atom is -0.490 e. The van der Waals surface area contributed by atoms with Crippen LogP contribution in [0, 0.1) is 0 Å². The van der Waals surface area contributed by atoms with Crippen LogP contribution in [-0.2, 0) is 6.54 Å². The number of imidazole rings is 1. The molecule has 0 atom stereocenters. The Balaban J connectivity index is 1.43. The summed E-state index contributed by atoms with van der Waals surface area (Å²) in [6, 6.07) is 5.54. The molecule has 0 radical (unpaired) electrons. The van der Waals surface area contributed by atoms with Gasteiger partial charge < -0.3 is 19.9 Å². The monoisotopic (exact) mass is 300 g/mol. The van der Waals surface area contributed by atoms with Gasteiger partial charge in [0.25, 0.3) is 0 Å². The number of hydrogen-bond acceptors (Lipinski definition) is 5. The molecule has 0 spiro atoms. The van der Waals surface area contributed by atoms with Crippen LogP contribution in [0.4, 0.5) is 5.69 Å². The van der Waals surface area contributed by atoms with Crippen LogP contribution in [0.2, 0.25) is 0 Å². The van der Waals surface area contributed by atoms with Crippen LogP contribution >= 0.6 is 0 Å². The standard InChI is InChI=1S/C16H20N4O2/c21-15(11-17-4-1-7-20-8-5-18-12-20)13-2-3-16-14(10-13)19-6-9-22-16/h2-3,5,8,10,12,17,19H,1,4,6-7,9,11H2. The van der Waals surface area contributed by atoms with E-state index in [2.05, 4.69) is 15.6 Å². The van der Waals surface area contributed by atoms with Crippen molar-refractivity contribution in [1.29, 1.82) is 0 Å². The van der Waals surface area contributed by atoms with Gasteiger partial charge in [0.2, 0.25) is 0 Å². The van der Waals surface area contributed by atoms with E-state index in [0.717, 1.165) is 37.5 Å². The number of nitrogens with one attached hydrogen (secondary N) is 2. The smallest absolute Gasteiger partial charge is 0.176 e. The van der Waals surface area contributed by atoms with Gasteiger partial charge in [0.1, 0.15) is 12.4 Å². The van der Waals surface area contributed by atoms with E-state index in [-0.39, 0.29) is 5.78 Å². The van der Waals surface area contributed by atoms with Crippen LogP contribution in [0.3, 0.4) is 0 Å². The highest BCUT2D eigenvalue weighted by atomic mass is 16.5. The van der Waals surface area contributed by atoms with E-state index >= 15 is 0 Å². The van der Waals surface area contributed by atoms with Crippen LogP contribution in [0.15, 0.2) is 36.9 Å². The summed E-state index contributed by atoms with van der Waals surface area (Å²) < 4.78 is 7.54. The zero-order valence-corrected chi connectivity index (χ0v) is 12.4. The van der Waals surface area contributed by atoms with E-state index in [1.807, 2.05) is 29.0 Å². The number of hydrogen-bond donors (Lipinski definition) is 2. The molecule has 6 nitrogen and oxygen atoms in total. The molecule has 2 heterocycles. The number of aryl methyl sites for hydroxylation is 1. The summed E-state index contributed by atoms with van der Waals surface area (Å²) >= 11 is 0. The zero-order chi connectivity index (χ0) is 15.2. The fourth-order valence-corrected chi connectivity index (χ4v) is 2.42. The van der Waals surface area contributed by atoms with E-state index in [9.17, 15) is 4.79 Å². The second kappa shape index (κ2) is 7.09. The van der Waals surface area contributed by atoms with Crippen molar-refractivity contribution in [2.75, 3.05) is 31.6 Å². The SMILES string of the molecule is O=C(CNCCCn1ccnc1)c1ccc2c(c1)NCCO2. The highest BCUT2D eigenvalue weighted by Crippen LogP contribution is 2.28. The fraction of sp³-hybridized carbons (Fsp3) is 0.375. The number of rotatable bonds is 7. The Hall–Kier alpha value is -2.34. The number of nitrogens with zero attached hydrogens (tertiary/aromatic N) is 2. The molecular weight excluding hydrogens is 280 g/mol. The van der Waals surface area contributed by atoms with Gasteiger partial charge in [-0.15, -0.1) is 0 Å². The predicted octanol–water partition coefficient (Wildman–Crippen LogP) is 1.55. The third-order valence-corrected chi connectivity index (χ3v) is 3.59. The first-order valence-electron chi connectivity index (χ1n) is 7.53. The normalized spacial score (nSPS) is 13.1. The summed E-state index contributed by atoms with van der Waals surface area (Å²) in [5, 5.41) is 6.43. The minimum atomic E-state index is 0.0952. The number of Topliss-reactive ketones (excluding diaryl/α,β-unsaturated/α-hetero) is 1. The van der Waals surface area contributed by atoms with Gasteiger partial charge in [-0.1, -0.05) is 0 Å². The van der Waals surface area contributed by atoms with E-state index in [1.54, 1.807) is 12.5 Å². The Morgan fingerprint density at radius 3 is 3.27 bits per heavy atom. The van der Waals surface area contributed by atoms with Crippen LogP contribution in [-0.4, -0.2) is 41.6 Å². The second-order valence-electron chi connectivity index (χ2n) is 5.24. The van der Waals surface area contributed by atoms with Crippen LogP contribution in [0.25, 0.3) is 0 Å². The molecule has 0 amide bonds. The molecule has 1 aromatic carbocycles. The lowest BCUT2D eigenvalue weighted by molar-refractivity contribution is 0.0991. The number of fused-ring (bicyclic) bond motifs is 1. The molecule has 0 bridgehead atoms. The summed E-state index contributed by atoms with van der Waals surface area (Å²) in [5.74, 6) is 0.911. The van der Waals surface area contributed by atoms with Gasteiger partial charge in [-0.25, -0.2) is 4.98 Å². The maximum absolute atomic E-state index is 12.2. The number of aromatic nitrogens is 2. The van der Waals surface area contributed by atoms with Crippen LogP contribution in [0.5, 0.6) is 5.75 Å². The average Bonchev–Trinajstić information content (AvgIpc) is 3.07. The van der Waals surface area contributed by atoms with Gasteiger partial charge in [-0.05, 0) is 31.2 Å². The Morgan fingerprint density at radius 1 is 1.45 bits per heavy atom. The topological polar surface area (TPSA) is 68.2 Å². The third kappa shape index (κ3) is 3.65. The summed E-state index contributed by atoms with van der Waals surface area (Å²) in [6.07, 6.45) is 6.47. The number of benzene rings is 1. The molecule has 1 aliphatic heterocycles. The van der Waals surface area contributed by atoms with Crippen LogP contribution in [0.1, 0.15) is 16.8 Å². The molecule has 2 aromatic rings. The minimum absolute atomic E-state index is 0.0952. The van der Waals surface area contributed by atoms with Gasteiger partial charge in [-0.3, -0.25) is 4.79 Å². The lowest BCUT2D eigenvalue weighted by Crippen LogP contribution is -2.25. The second-order valence-corrected chi connectivity index (χ2v) is 5.24. The first kappa shape index (κ1) is 14.6. The average molecular weight is 300 g/mol. The number of ether oxygens (including phenoxy) is 1. The Morgan fingerprint density at radius 2 is 2.41 bits per heavy atom. The summed E-state index contributed by atoms with van der Waals surface area (Å²) in [4.78, 5) is 16.2. The lowest BCUT2D eigenvalue weighted by atomic mass is 10.1. The maximum Gasteiger partial charge on any atom is 0.176 e. The largest absolute Gasteiger partial charge is 0.490 e. The fourth-order valence-electron chi connectivity index (χ4n) is 2.42. The summed E-state index contributed by atoms with van der Waals surface area (Å²) in [7, 11) is 0. The van der Waals surface area contributed by atoms with Crippen molar-refractivity contribution < 1.29 is 9.53 Å². The lowest BCUT2D eigenvalue weighted by Gasteiger charge is -2.19. The third-order valence-electron chi connectivity index (χ3n) is 3.59. The summed E-state index contributed by atoms with van der Waals surface area (Å²) in [5.41, 5.74) is 1.61. The number of ketones is 1. The van der Waals surface area contributed by atoms with E-state index in [4.69, 9.17) is 4.74 Å². The molecule has 1 aliphatic rings. The number of carbonyl (C=O) groups is 1. The molecule has 22 heavy (non-hydrogen) atoms. The first-order chi connectivity index (χ1) is 10.8. The highest BCUT2D eigenvalue weighted by molar-refractivity contribution is 5.98. The Bertz CT molecular complexity index is 625. The van der Waals surface area contributed by atoms with Gasteiger partial charge in [0.15, 0.2) is 5.78 Å². The van der Waals surface area contributed by atoms with E-state index in [0.29, 0.717) is 18.7 Å². The van der Waals surface area contributed by atoms with Gasteiger partial charge in [0.05, 0.1) is 18.6 Å². The van der Waals surface area contributed by atoms with Crippen molar-refractivity contribution in [1.82, 2.24) is 14.9 Å². The molecule has 0 aliphatic carbocycles. The van der Waals surface area contributed by atoms with Gasteiger partial charge in [0, 0.05) is 31.0 Å². The van der Waals surface area contributed by atoms with Crippen molar-refractivity contribution in [2.45, 2.75) is 13.0 Å². The molecule has 2 N–H and O–H groups in total. The van der Waals surface area contributed by atoms with E-state index < -0.39 is 0 Å². The van der Waals surface area contributed by atoms with Crippen LogP contribution < -0.4 is 15.4 Å². The molecule has 0 unspecified atom stereocenters.